The molecule has 3 N–H and O–H groups in total. The number of likely N-dealkylation sites (N-methyl/N-ethyl adjacent to an activating group) is 1. The number of aromatic nitrogens is 1. The molecule has 1 atom stereocenters. The summed E-state index contributed by atoms with van der Waals surface area (Å²) in [6, 6.07) is 4.65. The molecule has 1 unspecified atom stereocenters. The zero-order valence-corrected chi connectivity index (χ0v) is 11.4. The highest BCUT2D eigenvalue weighted by molar-refractivity contribution is 5.39. The van der Waals surface area contributed by atoms with E-state index in [2.05, 4.69) is 23.3 Å². The predicted octanol–water partition coefficient (Wildman–Crippen LogP) is 2.76. The van der Waals surface area contributed by atoms with Gasteiger partial charge in [-0.15, -0.1) is 0 Å². The van der Waals surface area contributed by atoms with Crippen molar-refractivity contribution in [3.63, 3.8) is 0 Å². The maximum absolute atomic E-state index is 5.96. The number of anilines is 1. The van der Waals surface area contributed by atoms with E-state index in [0.29, 0.717) is 11.9 Å². The Bertz CT molecular complexity index is 359. The number of rotatable bonds is 5. The Hall–Kier alpha value is -1.09. The molecule has 100 valence electrons. The largest absolute Gasteiger partial charge is 0.383 e. The summed E-state index contributed by atoms with van der Waals surface area (Å²) in [5.74, 6) is 1.49. The van der Waals surface area contributed by atoms with Gasteiger partial charge in [-0.05, 0) is 43.4 Å². The lowest BCUT2D eigenvalue weighted by Crippen LogP contribution is -2.39. The van der Waals surface area contributed by atoms with Gasteiger partial charge in [-0.2, -0.15) is 0 Å². The van der Waals surface area contributed by atoms with Crippen LogP contribution < -0.4 is 11.1 Å². The van der Waals surface area contributed by atoms with Crippen molar-refractivity contribution in [2.24, 2.45) is 5.92 Å². The third kappa shape index (κ3) is 3.45. The molecule has 1 aliphatic carbocycles. The van der Waals surface area contributed by atoms with Gasteiger partial charge >= 0.3 is 0 Å². The molecule has 1 fully saturated rings. The lowest BCUT2D eigenvalue weighted by Gasteiger charge is -2.31. The maximum atomic E-state index is 5.96. The molecule has 1 saturated carbocycles. The van der Waals surface area contributed by atoms with E-state index in [1.807, 2.05) is 6.07 Å². The highest BCUT2D eigenvalue weighted by Crippen LogP contribution is 2.28. The van der Waals surface area contributed by atoms with Crippen molar-refractivity contribution in [1.82, 2.24) is 10.3 Å². The molecule has 0 bridgehead atoms. The van der Waals surface area contributed by atoms with E-state index in [-0.39, 0.29) is 0 Å². The molecule has 0 amide bonds. The van der Waals surface area contributed by atoms with Crippen LogP contribution in [0.1, 0.15) is 44.6 Å². The molecule has 3 nitrogen and oxygen atoms in total. The minimum atomic E-state index is 0.557. The van der Waals surface area contributed by atoms with Gasteiger partial charge in [0, 0.05) is 12.2 Å². The van der Waals surface area contributed by atoms with E-state index in [9.17, 15) is 0 Å². The Morgan fingerprint density at radius 2 is 2.17 bits per heavy atom. The monoisotopic (exact) mass is 247 g/mol. The van der Waals surface area contributed by atoms with Crippen LogP contribution in [0.3, 0.4) is 0 Å². The summed E-state index contributed by atoms with van der Waals surface area (Å²) in [6.45, 7) is 3.21. The van der Waals surface area contributed by atoms with Crippen molar-refractivity contribution >= 4 is 5.82 Å². The first-order valence-electron chi connectivity index (χ1n) is 7.24. The van der Waals surface area contributed by atoms with Crippen LogP contribution in [0.4, 0.5) is 5.82 Å². The summed E-state index contributed by atoms with van der Waals surface area (Å²) in [5.41, 5.74) is 7.14. The molecule has 0 radical (unpaired) electrons. The first-order chi connectivity index (χ1) is 8.81. The third-order valence-corrected chi connectivity index (χ3v) is 4.05. The zero-order chi connectivity index (χ0) is 12.8. The quantitative estimate of drug-likeness (QED) is 0.841. The second kappa shape index (κ2) is 6.74. The number of hydrogen-bond acceptors (Lipinski definition) is 3. The van der Waals surface area contributed by atoms with Gasteiger partial charge < -0.3 is 11.1 Å². The smallest absolute Gasteiger partial charge is 0.126 e. The highest BCUT2D eigenvalue weighted by atomic mass is 14.9. The van der Waals surface area contributed by atoms with Crippen molar-refractivity contribution in [2.45, 2.75) is 51.5 Å². The van der Waals surface area contributed by atoms with Crippen molar-refractivity contribution in [3.05, 3.63) is 23.9 Å². The molecular weight excluding hydrogens is 222 g/mol. The van der Waals surface area contributed by atoms with E-state index in [0.717, 1.165) is 18.9 Å². The summed E-state index contributed by atoms with van der Waals surface area (Å²) in [5, 5.41) is 3.64. The van der Waals surface area contributed by atoms with Gasteiger partial charge in [-0.1, -0.05) is 32.3 Å². The molecule has 1 aromatic heterocycles. The number of nitrogen functional groups attached to an aromatic ring is 1. The zero-order valence-electron chi connectivity index (χ0n) is 11.4. The van der Waals surface area contributed by atoms with E-state index in [1.165, 1.54) is 37.7 Å². The maximum Gasteiger partial charge on any atom is 0.126 e. The summed E-state index contributed by atoms with van der Waals surface area (Å²) >= 11 is 0. The third-order valence-electron chi connectivity index (χ3n) is 4.05. The van der Waals surface area contributed by atoms with Crippen molar-refractivity contribution in [2.75, 3.05) is 12.3 Å². The predicted molar refractivity (Wildman–Crippen MR) is 76.4 cm³/mol. The number of pyridine rings is 1. The summed E-state index contributed by atoms with van der Waals surface area (Å²) in [6.07, 6.45) is 9.67. The first-order valence-corrected chi connectivity index (χ1v) is 7.24. The Morgan fingerprint density at radius 1 is 1.39 bits per heavy atom. The van der Waals surface area contributed by atoms with Gasteiger partial charge in [0.1, 0.15) is 5.82 Å². The van der Waals surface area contributed by atoms with E-state index in [4.69, 9.17) is 5.73 Å². The standard InChI is InChI=1S/C15H25N3/c1-2-17-14(12-7-4-3-5-8-12)11-13-9-6-10-18-15(13)16/h6,9-10,12,14,17H,2-5,7-8,11H2,1H3,(H2,16,18). The Kier molecular flexibility index (Phi) is 5.00. The minimum absolute atomic E-state index is 0.557. The molecule has 1 heterocycles. The second-order valence-electron chi connectivity index (χ2n) is 5.31. The average molecular weight is 247 g/mol. The molecule has 2 rings (SSSR count). The lowest BCUT2D eigenvalue weighted by atomic mass is 9.81. The van der Waals surface area contributed by atoms with Gasteiger partial charge in [0.15, 0.2) is 0 Å². The molecule has 1 aliphatic rings. The lowest BCUT2D eigenvalue weighted by molar-refractivity contribution is 0.269. The van der Waals surface area contributed by atoms with Crippen LogP contribution in [-0.4, -0.2) is 17.6 Å². The molecular formula is C15H25N3. The topological polar surface area (TPSA) is 50.9 Å². The molecule has 0 spiro atoms. The van der Waals surface area contributed by atoms with Crippen molar-refractivity contribution < 1.29 is 0 Å². The van der Waals surface area contributed by atoms with E-state index < -0.39 is 0 Å². The van der Waals surface area contributed by atoms with Crippen molar-refractivity contribution in [3.8, 4) is 0 Å². The van der Waals surface area contributed by atoms with Gasteiger partial charge in [0.05, 0.1) is 0 Å². The molecule has 0 aromatic carbocycles. The molecule has 0 saturated heterocycles. The molecule has 3 heteroatoms. The number of hydrogen-bond donors (Lipinski definition) is 2. The minimum Gasteiger partial charge on any atom is -0.383 e. The van der Waals surface area contributed by atoms with Crippen LogP contribution >= 0.6 is 0 Å². The van der Waals surface area contributed by atoms with Crippen LogP contribution in [0.2, 0.25) is 0 Å². The van der Waals surface area contributed by atoms with Gasteiger partial charge in [-0.25, -0.2) is 4.98 Å². The SMILES string of the molecule is CCNC(Cc1cccnc1N)C1CCCCC1. The fourth-order valence-corrected chi connectivity index (χ4v) is 3.06. The summed E-state index contributed by atoms with van der Waals surface area (Å²) < 4.78 is 0. The van der Waals surface area contributed by atoms with Crippen LogP contribution in [-0.2, 0) is 6.42 Å². The van der Waals surface area contributed by atoms with Gasteiger partial charge in [-0.3, -0.25) is 0 Å². The Balaban J connectivity index is 2.03. The molecule has 0 aliphatic heterocycles. The van der Waals surface area contributed by atoms with Gasteiger partial charge in [0.25, 0.3) is 0 Å². The van der Waals surface area contributed by atoms with Crippen molar-refractivity contribution in [1.29, 1.82) is 0 Å². The molecule has 1 aromatic rings. The fourth-order valence-electron chi connectivity index (χ4n) is 3.06. The normalized spacial score (nSPS) is 18.7. The van der Waals surface area contributed by atoms with Crippen LogP contribution in [0.25, 0.3) is 0 Å². The average Bonchev–Trinajstić information content (AvgIpc) is 2.42. The fraction of sp³-hybridized carbons (Fsp3) is 0.667. The Labute approximate surface area is 110 Å². The van der Waals surface area contributed by atoms with Crippen LogP contribution in [0.15, 0.2) is 18.3 Å². The van der Waals surface area contributed by atoms with Gasteiger partial charge in [0.2, 0.25) is 0 Å². The number of nitrogens with two attached hydrogens (primary N) is 1. The van der Waals surface area contributed by atoms with Crippen LogP contribution in [0, 0.1) is 5.92 Å². The number of nitrogens with one attached hydrogen (secondary N) is 1. The number of nitrogens with zero attached hydrogens (tertiary/aromatic N) is 1. The summed E-state index contributed by atoms with van der Waals surface area (Å²) in [7, 11) is 0. The highest BCUT2D eigenvalue weighted by Gasteiger charge is 2.23. The first kappa shape index (κ1) is 13.3. The second-order valence-corrected chi connectivity index (χ2v) is 5.31. The summed E-state index contributed by atoms with van der Waals surface area (Å²) in [4.78, 5) is 4.19. The molecule has 18 heavy (non-hydrogen) atoms. The van der Waals surface area contributed by atoms with E-state index >= 15 is 0 Å². The van der Waals surface area contributed by atoms with Crippen LogP contribution in [0.5, 0.6) is 0 Å². The Morgan fingerprint density at radius 3 is 2.83 bits per heavy atom. The van der Waals surface area contributed by atoms with E-state index in [1.54, 1.807) is 6.20 Å².